The molecule has 1 aromatic heterocycles. The van der Waals surface area contributed by atoms with Crippen LogP contribution in [0.5, 0.6) is 0 Å². The Labute approximate surface area is 124 Å². The quantitative estimate of drug-likeness (QED) is 0.913. The summed E-state index contributed by atoms with van der Waals surface area (Å²) in [6.45, 7) is 0.743. The zero-order chi connectivity index (χ0) is 11.0. The van der Waals surface area contributed by atoms with Gasteiger partial charge in [0.05, 0.1) is 10.2 Å². The number of nitrogens with zero attached hydrogens (tertiary/aromatic N) is 1. The lowest BCUT2D eigenvalue weighted by Gasteiger charge is -2.23. The van der Waals surface area contributed by atoms with Crippen LogP contribution in [0.25, 0.3) is 10.2 Å². The second kappa shape index (κ2) is 6.20. The van der Waals surface area contributed by atoms with Crippen LogP contribution in [0.1, 0.15) is 30.7 Å². The molecule has 1 saturated carbocycles. The van der Waals surface area contributed by atoms with E-state index in [9.17, 15) is 0 Å². The van der Waals surface area contributed by atoms with Crippen LogP contribution in [0, 0.1) is 0 Å². The van der Waals surface area contributed by atoms with Gasteiger partial charge in [-0.05, 0) is 25.0 Å². The number of aromatic nitrogens is 1. The fourth-order valence-corrected chi connectivity index (χ4v) is 3.88. The van der Waals surface area contributed by atoms with E-state index in [1.54, 1.807) is 0 Å². The number of fused-ring (bicyclic) bond motifs is 1. The standard InChI is InChI=1S/C13H16N2S.2ClH/c14-9-13(7-3-4-8-13)12-15-10-5-1-2-6-11(10)16-12;;/h1-2,5-6H,3-4,7-9,14H2;2*1H. The molecule has 0 radical (unpaired) electrons. The summed E-state index contributed by atoms with van der Waals surface area (Å²) in [7, 11) is 0. The second-order valence-corrected chi connectivity index (χ2v) is 5.71. The average Bonchev–Trinajstić information content (AvgIpc) is 2.96. The lowest BCUT2D eigenvalue weighted by molar-refractivity contribution is 0.451. The Balaban J connectivity index is 0.000000810. The van der Waals surface area contributed by atoms with E-state index in [4.69, 9.17) is 10.7 Å². The van der Waals surface area contributed by atoms with Gasteiger partial charge in [0.25, 0.3) is 0 Å². The fourth-order valence-electron chi connectivity index (χ4n) is 2.66. The third-order valence-electron chi connectivity index (χ3n) is 3.70. The molecular weight excluding hydrogens is 287 g/mol. The van der Waals surface area contributed by atoms with Gasteiger partial charge >= 0.3 is 0 Å². The SMILES string of the molecule is Cl.Cl.NCC1(c2nc3ccccc3s2)CCCC1. The van der Waals surface area contributed by atoms with Crippen LogP contribution in [0.2, 0.25) is 0 Å². The molecule has 1 aliphatic rings. The van der Waals surface area contributed by atoms with E-state index in [0.29, 0.717) is 0 Å². The lowest BCUT2D eigenvalue weighted by Crippen LogP contribution is -2.31. The largest absolute Gasteiger partial charge is 0.329 e. The number of para-hydroxylation sites is 1. The van der Waals surface area contributed by atoms with Gasteiger partial charge in [-0.25, -0.2) is 4.98 Å². The molecule has 3 rings (SSSR count). The van der Waals surface area contributed by atoms with E-state index in [-0.39, 0.29) is 30.2 Å². The Hall–Kier alpha value is -0.350. The van der Waals surface area contributed by atoms with Crippen LogP contribution in [0.15, 0.2) is 24.3 Å². The zero-order valence-corrected chi connectivity index (χ0v) is 12.5. The normalized spacial score (nSPS) is 17.2. The van der Waals surface area contributed by atoms with Crippen molar-refractivity contribution in [3.05, 3.63) is 29.3 Å². The molecule has 0 spiro atoms. The van der Waals surface area contributed by atoms with E-state index in [1.807, 2.05) is 11.3 Å². The van der Waals surface area contributed by atoms with Crippen molar-refractivity contribution in [3.8, 4) is 0 Å². The highest BCUT2D eigenvalue weighted by atomic mass is 35.5. The first-order valence-corrected chi connectivity index (χ1v) is 6.72. The maximum Gasteiger partial charge on any atom is 0.101 e. The Morgan fingerprint density at radius 1 is 1.17 bits per heavy atom. The first-order valence-electron chi connectivity index (χ1n) is 5.90. The topological polar surface area (TPSA) is 38.9 Å². The minimum absolute atomic E-state index is 0. The predicted octanol–water partition coefficient (Wildman–Crippen LogP) is 3.91. The van der Waals surface area contributed by atoms with E-state index in [0.717, 1.165) is 12.1 Å². The maximum absolute atomic E-state index is 5.99. The summed E-state index contributed by atoms with van der Waals surface area (Å²) in [5.74, 6) is 0. The maximum atomic E-state index is 5.99. The van der Waals surface area contributed by atoms with Crippen molar-refractivity contribution in [2.45, 2.75) is 31.1 Å². The molecule has 2 N–H and O–H groups in total. The van der Waals surface area contributed by atoms with Gasteiger partial charge < -0.3 is 5.73 Å². The summed E-state index contributed by atoms with van der Waals surface area (Å²) in [5.41, 5.74) is 7.30. The smallest absolute Gasteiger partial charge is 0.101 e. The van der Waals surface area contributed by atoms with Crippen molar-refractivity contribution >= 4 is 46.4 Å². The van der Waals surface area contributed by atoms with Crippen molar-refractivity contribution in [2.24, 2.45) is 5.73 Å². The van der Waals surface area contributed by atoms with E-state index in [2.05, 4.69) is 24.3 Å². The summed E-state index contributed by atoms with van der Waals surface area (Å²) in [6, 6.07) is 8.37. The van der Waals surface area contributed by atoms with Crippen molar-refractivity contribution in [3.63, 3.8) is 0 Å². The molecule has 1 aromatic carbocycles. The summed E-state index contributed by atoms with van der Waals surface area (Å²) in [4.78, 5) is 4.78. The molecule has 0 amide bonds. The Bertz CT molecular complexity index is 473. The molecule has 18 heavy (non-hydrogen) atoms. The Morgan fingerprint density at radius 2 is 1.83 bits per heavy atom. The van der Waals surface area contributed by atoms with Crippen LogP contribution in [-0.4, -0.2) is 11.5 Å². The first-order chi connectivity index (χ1) is 7.84. The minimum atomic E-state index is 0. The molecule has 0 bridgehead atoms. The monoisotopic (exact) mass is 304 g/mol. The molecular formula is C13H18Cl2N2S. The molecule has 2 nitrogen and oxygen atoms in total. The van der Waals surface area contributed by atoms with E-state index >= 15 is 0 Å². The molecule has 2 aromatic rings. The van der Waals surface area contributed by atoms with Gasteiger partial charge in [0.1, 0.15) is 5.01 Å². The summed E-state index contributed by atoms with van der Waals surface area (Å²) >= 11 is 1.83. The number of halogens is 2. The highest BCUT2D eigenvalue weighted by molar-refractivity contribution is 7.18. The minimum Gasteiger partial charge on any atom is -0.329 e. The summed E-state index contributed by atoms with van der Waals surface area (Å²) in [5, 5.41) is 1.26. The number of benzene rings is 1. The first kappa shape index (κ1) is 15.7. The zero-order valence-electron chi connectivity index (χ0n) is 10.1. The molecule has 1 heterocycles. The lowest BCUT2D eigenvalue weighted by atomic mass is 9.87. The number of thiazole rings is 1. The molecule has 1 fully saturated rings. The highest BCUT2D eigenvalue weighted by Gasteiger charge is 2.37. The molecule has 0 atom stereocenters. The van der Waals surface area contributed by atoms with E-state index in [1.165, 1.54) is 35.4 Å². The van der Waals surface area contributed by atoms with Crippen molar-refractivity contribution in [1.82, 2.24) is 4.98 Å². The fraction of sp³-hybridized carbons (Fsp3) is 0.462. The number of hydrogen-bond acceptors (Lipinski definition) is 3. The highest BCUT2D eigenvalue weighted by Crippen LogP contribution is 2.42. The van der Waals surface area contributed by atoms with Crippen LogP contribution in [0.4, 0.5) is 0 Å². The molecule has 100 valence electrons. The summed E-state index contributed by atoms with van der Waals surface area (Å²) < 4.78 is 1.29. The van der Waals surface area contributed by atoms with Crippen molar-refractivity contribution in [1.29, 1.82) is 0 Å². The summed E-state index contributed by atoms with van der Waals surface area (Å²) in [6.07, 6.45) is 5.02. The molecule has 1 aliphatic carbocycles. The number of hydrogen-bond donors (Lipinski definition) is 1. The third kappa shape index (κ3) is 2.50. The molecule has 0 saturated heterocycles. The Morgan fingerprint density at radius 3 is 2.44 bits per heavy atom. The van der Waals surface area contributed by atoms with Gasteiger partial charge in [-0.3, -0.25) is 0 Å². The van der Waals surface area contributed by atoms with Crippen molar-refractivity contribution < 1.29 is 0 Å². The van der Waals surface area contributed by atoms with E-state index < -0.39 is 0 Å². The van der Waals surface area contributed by atoms with Crippen LogP contribution in [-0.2, 0) is 5.41 Å². The van der Waals surface area contributed by atoms with Crippen LogP contribution < -0.4 is 5.73 Å². The van der Waals surface area contributed by atoms with Gasteiger partial charge in [-0.1, -0.05) is 25.0 Å². The van der Waals surface area contributed by atoms with Gasteiger partial charge in [0.2, 0.25) is 0 Å². The van der Waals surface area contributed by atoms with Crippen LogP contribution in [0.3, 0.4) is 0 Å². The molecule has 0 aliphatic heterocycles. The average molecular weight is 305 g/mol. The van der Waals surface area contributed by atoms with Gasteiger partial charge in [0.15, 0.2) is 0 Å². The predicted molar refractivity (Wildman–Crippen MR) is 83.3 cm³/mol. The third-order valence-corrected chi connectivity index (χ3v) is 4.98. The molecule has 0 unspecified atom stereocenters. The number of nitrogens with two attached hydrogens (primary N) is 1. The second-order valence-electron chi connectivity index (χ2n) is 4.68. The van der Waals surface area contributed by atoms with Crippen molar-refractivity contribution in [2.75, 3.05) is 6.54 Å². The molecule has 5 heteroatoms. The Kier molecular flexibility index (Phi) is 5.41. The van der Waals surface area contributed by atoms with Gasteiger partial charge in [-0.2, -0.15) is 0 Å². The van der Waals surface area contributed by atoms with Crippen LogP contribution >= 0.6 is 36.2 Å². The number of rotatable bonds is 2. The van der Waals surface area contributed by atoms with Gasteiger partial charge in [0, 0.05) is 12.0 Å². The van der Waals surface area contributed by atoms with Gasteiger partial charge in [-0.15, -0.1) is 36.2 Å².